The number of sulfonamides is 1. The molecule has 2 rings (SSSR count). The van der Waals surface area contributed by atoms with Crippen molar-refractivity contribution in [2.24, 2.45) is 11.1 Å². The Morgan fingerprint density at radius 2 is 1.67 bits per heavy atom. The highest BCUT2D eigenvalue weighted by molar-refractivity contribution is 7.89. The summed E-state index contributed by atoms with van der Waals surface area (Å²) in [6.07, 6.45) is 0.863. The molecular formula is C20H25NO5S. The molecule has 0 amide bonds. The molecule has 0 aliphatic heterocycles. The summed E-state index contributed by atoms with van der Waals surface area (Å²) in [5.74, 6) is 0.0422. The molecule has 0 fully saturated rings. The average Bonchev–Trinajstić information content (AvgIpc) is 2.66. The summed E-state index contributed by atoms with van der Waals surface area (Å²) in [4.78, 5) is 12.6. The second-order valence-corrected chi connectivity index (χ2v) is 7.87. The molecule has 0 saturated heterocycles. The van der Waals surface area contributed by atoms with Gasteiger partial charge in [-0.3, -0.25) is 4.79 Å². The van der Waals surface area contributed by atoms with Crippen LogP contribution in [0.1, 0.15) is 31.7 Å². The molecular weight excluding hydrogens is 366 g/mol. The summed E-state index contributed by atoms with van der Waals surface area (Å²) in [6.45, 7) is 4.35. The Hall–Kier alpha value is -2.38. The van der Waals surface area contributed by atoms with Crippen LogP contribution in [-0.2, 0) is 19.6 Å². The molecule has 2 aromatic rings. The summed E-state index contributed by atoms with van der Waals surface area (Å²) in [7, 11) is -3.73. The maximum atomic E-state index is 12.6. The fourth-order valence-electron chi connectivity index (χ4n) is 2.71. The van der Waals surface area contributed by atoms with Crippen molar-refractivity contribution in [1.82, 2.24) is 0 Å². The second kappa shape index (κ2) is 9.53. The summed E-state index contributed by atoms with van der Waals surface area (Å²) in [5, 5.41) is 5.05. The molecule has 0 unspecified atom stereocenters. The van der Waals surface area contributed by atoms with Crippen LogP contribution < -0.4 is 9.88 Å². The number of ether oxygens (including phenoxy) is 2. The van der Waals surface area contributed by atoms with E-state index in [1.54, 1.807) is 0 Å². The lowest BCUT2D eigenvalue weighted by molar-refractivity contribution is -0.147. The molecule has 2 atom stereocenters. The number of carbonyl (C=O) groups excluding carboxylic acids is 1. The van der Waals surface area contributed by atoms with E-state index in [9.17, 15) is 13.2 Å². The smallest absolute Gasteiger partial charge is 0.313 e. The minimum absolute atomic E-state index is 0.0144. The number of hydrogen-bond donors (Lipinski definition) is 1. The van der Waals surface area contributed by atoms with Crippen molar-refractivity contribution in [3.05, 3.63) is 60.2 Å². The van der Waals surface area contributed by atoms with Crippen molar-refractivity contribution < 1.29 is 22.7 Å². The fourth-order valence-corrected chi connectivity index (χ4v) is 3.23. The maximum Gasteiger partial charge on any atom is 0.313 e. The highest BCUT2D eigenvalue weighted by Crippen LogP contribution is 2.28. The monoisotopic (exact) mass is 391 g/mol. The lowest BCUT2D eigenvalue weighted by Gasteiger charge is -2.22. The number of benzene rings is 2. The van der Waals surface area contributed by atoms with E-state index in [-0.39, 0.29) is 35.9 Å². The Bertz CT molecular complexity index is 834. The van der Waals surface area contributed by atoms with E-state index >= 15 is 0 Å². The van der Waals surface area contributed by atoms with Crippen LogP contribution in [0, 0.1) is 5.92 Å². The first-order valence-electron chi connectivity index (χ1n) is 8.80. The Morgan fingerprint density at radius 3 is 2.22 bits per heavy atom. The van der Waals surface area contributed by atoms with Crippen molar-refractivity contribution in [2.45, 2.75) is 31.1 Å². The first kappa shape index (κ1) is 20.9. The van der Waals surface area contributed by atoms with Gasteiger partial charge in [-0.05, 0) is 35.7 Å². The van der Waals surface area contributed by atoms with Crippen LogP contribution in [0.2, 0.25) is 0 Å². The Kier molecular flexibility index (Phi) is 7.38. The van der Waals surface area contributed by atoms with Crippen molar-refractivity contribution in [3.8, 4) is 5.75 Å². The van der Waals surface area contributed by atoms with Crippen LogP contribution in [0.15, 0.2) is 59.5 Å². The molecule has 0 heterocycles. The molecule has 2 aromatic carbocycles. The quantitative estimate of drug-likeness (QED) is 0.523. The molecule has 0 spiro atoms. The van der Waals surface area contributed by atoms with Crippen molar-refractivity contribution in [1.29, 1.82) is 0 Å². The molecule has 0 bridgehead atoms. The third-order valence-electron chi connectivity index (χ3n) is 4.37. The lowest BCUT2D eigenvalue weighted by atomic mass is 9.86. The lowest BCUT2D eigenvalue weighted by Crippen LogP contribution is -2.24. The molecule has 2 N–H and O–H groups in total. The van der Waals surface area contributed by atoms with Gasteiger partial charge in [0, 0.05) is 0 Å². The standard InChI is InChI=1S/C20H25NO5S/c1-3-15(2)19(16-7-5-4-6-8-16)20(22)26-14-13-25-17-9-11-18(12-10-17)27(21,23)24/h4-12,15,19H,3,13-14H2,1-2H3,(H2,21,23,24)/t15-,19+/m0/s1. The van der Waals surface area contributed by atoms with Crippen LogP contribution in [0.4, 0.5) is 0 Å². The van der Waals surface area contributed by atoms with E-state index in [2.05, 4.69) is 0 Å². The van der Waals surface area contributed by atoms with E-state index in [4.69, 9.17) is 14.6 Å². The summed E-state index contributed by atoms with van der Waals surface area (Å²) < 4.78 is 33.3. The van der Waals surface area contributed by atoms with E-state index < -0.39 is 10.0 Å². The van der Waals surface area contributed by atoms with Gasteiger partial charge in [-0.1, -0.05) is 50.6 Å². The maximum absolute atomic E-state index is 12.6. The highest BCUT2D eigenvalue weighted by Gasteiger charge is 2.27. The van der Waals surface area contributed by atoms with Crippen LogP contribution >= 0.6 is 0 Å². The normalized spacial score (nSPS) is 13.6. The van der Waals surface area contributed by atoms with Gasteiger partial charge in [0.15, 0.2) is 0 Å². The highest BCUT2D eigenvalue weighted by atomic mass is 32.2. The first-order valence-corrected chi connectivity index (χ1v) is 10.3. The minimum atomic E-state index is -3.73. The topological polar surface area (TPSA) is 95.7 Å². The molecule has 6 nitrogen and oxygen atoms in total. The number of hydrogen-bond acceptors (Lipinski definition) is 5. The van der Waals surface area contributed by atoms with Crippen LogP contribution in [0.25, 0.3) is 0 Å². The van der Waals surface area contributed by atoms with Gasteiger partial charge >= 0.3 is 5.97 Å². The van der Waals surface area contributed by atoms with Gasteiger partial charge in [-0.25, -0.2) is 13.6 Å². The van der Waals surface area contributed by atoms with E-state index in [0.717, 1.165) is 12.0 Å². The van der Waals surface area contributed by atoms with Crippen LogP contribution in [-0.4, -0.2) is 27.6 Å². The van der Waals surface area contributed by atoms with Crippen LogP contribution in [0.3, 0.4) is 0 Å². The fraction of sp³-hybridized carbons (Fsp3) is 0.350. The molecule has 0 aromatic heterocycles. The zero-order valence-electron chi connectivity index (χ0n) is 15.5. The molecule has 27 heavy (non-hydrogen) atoms. The SMILES string of the molecule is CC[C@H](C)[C@@H](C(=O)OCCOc1ccc(S(N)(=O)=O)cc1)c1ccccc1. The Balaban J connectivity index is 1.89. The van der Waals surface area contributed by atoms with Crippen molar-refractivity contribution in [3.63, 3.8) is 0 Å². The van der Waals surface area contributed by atoms with Crippen molar-refractivity contribution >= 4 is 16.0 Å². The van der Waals surface area contributed by atoms with Gasteiger partial charge in [0.1, 0.15) is 19.0 Å². The van der Waals surface area contributed by atoms with Crippen molar-refractivity contribution in [2.75, 3.05) is 13.2 Å². The number of nitrogens with two attached hydrogens (primary N) is 1. The predicted octanol–water partition coefficient (Wildman–Crippen LogP) is 3.09. The number of rotatable bonds is 9. The van der Waals surface area contributed by atoms with Gasteiger partial charge in [0.2, 0.25) is 10.0 Å². The largest absolute Gasteiger partial charge is 0.490 e. The van der Waals surface area contributed by atoms with E-state index in [1.165, 1.54) is 24.3 Å². The first-order chi connectivity index (χ1) is 12.8. The third kappa shape index (κ3) is 6.08. The van der Waals surface area contributed by atoms with E-state index in [1.807, 2.05) is 44.2 Å². The molecule has 7 heteroatoms. The summed E-state index contributed by atoms with van der Waals surface area (Å²) in [5.41, 5.74) is 0.941. The van der Waals surface area contributed by atoms with Gasteiger partial charge in [0.25, 0.3) is 0 Å². The Labute approximate surface area is 160 Å². The van der Waals surface area contributed by atoms with Gasteiger partial charge in [-0.2, -0.15) is 0 Å². The number of esters is 1. The Morgan fingerprint density at radius 1 is 1.04 bits per heavy atom. The zero-order valence-corrected chi connectivity index (χ0v) is 16.3. The van der Waals surface area contributed by atoms with Crippen LogP contribution in [0.5, 0.6) is 5.75 Å². The van der Waals surface area contributed by atoms with E-state index in [0.29, 0.717) is 5.75 Å². The summed E-state index contributed by atoms with van der Waals surface area (Å²) >= 11 is 0. The van der Waals surface area contributed by atoms with Gasteiger partial charge in [0.05, 0.1) is 10.8 Å². The average molecular weight is 391 g/mol. The number of carbonyl (C=O) groups is 1. The molecule has 0 aliphatic carbocycles. The molecule has 0 aliphatic rings. The van der Waals surface area contributed by atoms with Gasteiger partial charge in [-0.15, -0.1) is 0 Å². The summed E-state index contributed by atoms with van der Waals surface area (Å²) in [6, 6.07) is 15.3. The zero-order chi connectivity index (χ0) is 19.9. The minimum Gasteiger partial charge on any atom is -0.490 e. The molecule has 146 valence electrons. The second-order valence-electron chi connectivity index (χ2n) is 6.31. The molecule has 0 saturated carbocycles. The molecule has 0 radical (unpaired) electrons. The predicted molar refractivity (Wildman–Crippen MR) is 103 cm³/mol. The van der Waals surface area contributed by atoms with Gasteiger partial charge < -0.3 is 9.47 Å². The third-order valence-corrected chi connectivity index (χ3v) is 5.30. The number of primary sulfonamides is 1.